The molecule has 0 spiro atoms. The lowest BCUT2D eigenvalue weighted by Crippen LogP contribution is -2.28. The Balaban J connectivity index is 2.38. The van der Waals surface area contributed by atoms with Crippen LogP contribution in [0.5, 0.6) is 0 Å². The maximum absolute atomic E-state index is 11.0. The second kappa shape index (κ2) is 3.35. The Morgan fingerprint density at radius 1 is 1.82 bits per heavy atom. The highest BCUT2D eigenvalue weighted by atomic mass is 16.3. The zero-order valence-corrected chi connectivity index (χ0v) is 6.16. The van der Waals surface area contributed by atoms with E-state index in [0.717, 1.165) is 0 Å². The lowest BCUT2D eigenvalue weighted by atomic mass is 10.3. The Bertz CT molecular complexity index is 197. The van der Waals surface area contributed by atoms with Gasteiger partial charge >= 0.3 is 0 Å². The summed E-state index contributed by atoms with van der Waals surface area (Å²) in [5.74, 6) is -0.177. The van der Waals surface area contributed by atoms with Crippen LogP contribution in [0.4, 0.5) is 0 Å². The molecule has 1 fully saturated rings. The second-order valence-corrected chi connectivity index (χ2v) is 2.62. The fraction of sp³-hybridized carbons (Fsp3) is 0.714. The first-order valence-electron chi connectivity index (χ1n) is 3.57. The number of aliphatic hydroxyl groups is 1. The highest BCUT2D eigenvalue weighted by Gasteiger charge is 2.23. The molecule has 1 N–H and O–H groups in total. The van der Waals surface area contributed by atoms with Crippen molar-refractivity contribution in [3.05, 3.63) is 0 Å². The average Bonchev–Trinajstić information content (AvgIpc) is 2.36. The normalized spacial score (nSPS) is 23.3. The van der Waals surface area contributed by atoms with E-state index >= 15 is 0 Å². The third kappa shape index (κ3) is 1.92. The van der Waals surface area contributed by atoms with Crippen molar-refractivity contribution in [1.29, 1.82) is 5.26 Å². The predicted octanol–water partition coefficient (Wildman–Crippen LogP) is -0.507. The fourth-order valence-electron chi connectivity index (χ4n) is 1.15. The summed E-state index contributed by atoms with van der Waals surface area (Å²) in [5, 5.41) is 17.2. The summed E-state index contributed by atoms with van der Waals surface area (Å²) in [6, 6.07) is 1.79. The van der Waals surface area contributed by atoms with Gasteiger partial charge in [-0.3, -0.25) is 4.79 Å². The Labute approximate surface area is 65.0 Å². The monoisotopic (exact) mass is 154 g/mol. The van der Waals surface area contributed by atoms with Crippen LogP contribution < -0.4 is 0 Å². The maximum Gasteiger partial charge on any atom is 0.236 e. The number of carbonyl (C=O) groups excluding carboxylic acids is 1. The summed E-state index contributed by atoms with van der Waals surface area (Å²) < 4.78 is 0. The van der Waals surface area contributed by atoms with Crippen LogP contribution in [0.2, 0.25) is 0 Å². The molecule has 0 radical (unpaired) electrons. The minimum atomic E-state index is -0.391. The third-order valence-electron chi connectivity index (χ3n) is 1.75. The van der Waals surface area contributed by atoms with E-state index in [2.05, 4.69) is 0 Å². The van der Waals surface area contributed by atoms with E-state index in [0.29, 0.717) is 19.5 Å². The van der Waals surface area contributed by atoms with Crippen molar-refractivity contribution in [2.75, 3.05) is 13.1 Å². The molecule has 1 unspecified atom stereocenters. The molecule has 1 rings (SSSR count). The maximum atomic E-state index is 11.0. The fourth-order valence-corrected chi connectivity index (χ4v) is 1.15. The number of β-amino-alcohol motifs (C(OH)–C–C–N with tert-alkyl or cyclic N) is 1. The average molecular weight is 154 g/mol. The van der Waals surface area contributed by atoms with Crippen molar-refractivity contribution >= 4 is 5.91 Å². The summed E-state index contributed by atoms with van der Waals surface area (Å²) >= 11 is 0. The summed E-state index contributed by atoms with van der Waals surface area (Å²) in [6.07, 6.45) is 0.168. The predicted molar refractivity (Wildman–Crippen MR) is 37.4 cm³/mol. The molecular weight excluding hydrogens is 144 g/mol. The van der Waals surface area contributed by atoms with Crippen LogP contribution in [-0.4, -0.2) is 35.1 Å². The highest BCUT2D eigenvalue weighted by Crippen LogP contribution is 2.09. The number of nitrogens with zero attached hydrogens (tertiary/aromatic N) is 2. The molecule has 4 nitrogen and oxygen atoms in total. The van der Waals surface area contributed by atoms with Crippen molar-refractivity contribution in [2.24, 2.45) is 0 Å². The van der Waals surface area contributed by atoms with Gasteiger partial charge in [-0.1, -0.05) is 0 Å². The first kappa shape index (κ1) is 8.02. The van der Waals surface area contributed by atoms with Crippen molar-refractivity contribution in [2.45, 2.75) is 18.9 Å². The quantitative estimate of drug-likeness (QED) is 0.553. The van der Waals surface area contributed by atoms with Gasteiger partial charge in [-0.15, -0.1) is 0 Å². The van der Waals surface area contributed by atoms with Crippen LogP contribution in [0.3, 0.4) is 0 Å². The Morgan fingerprint density at radius 2 is 2.55 bits per heavy atom. The standard InChI is InChI=1S/C7H10N2O2/c8-3-1-7(11)9-4-2-6(10)5-9/h6,10H,1-2,4-5H2. The molecule has 1 aliphatic heterocycles. The number of hydrogen-bond acceptors (Lipinski definition) is 3. The van der Waals surface area contributed by atoms with Crippen molar-refractivity contribution in [3.8, 4) is 6.07 Å². The number of likely N-dealkylation sites (tertiary alicyclic amines) is 1. The molecule has 1 amide bonds. The SMILES string of the molecule is N#CCC(=O)N1CCC(O)C1. The van der Waals surface area contributed by atoms with Crippen LogP contribution in [0.1, 0.15) is 12.8 Å². The van der Waals surface area contributed by atoms with Crippen LogP contribution in [0.15, 0.2) is 0 Å². The second-order valence-electron chi connectivity index (χ2n) is 2.62. The van der Waals surface area contributed by atoms with E-state index in [-0.39, 0.29) is 12.3 Å². The molecule has 60 valence electrons. The summed E-state index contributed by atoms with van der Waals surface area (Å²) in [6.45, 7) is 0.974. The molecule has 0 aromatic rings. The zero-order chi connectivity index (χ0) is 8.27. The molecule has 0 aliphatic carbocycles. The molecule has 0 bridgehead atoms. The Kier molecular flexibility index (Phi) is 2.44. The zero-order valence-electron chi connectivity index (χ0n) is 6.16. The van der Waals surface area contributed by atoms with Gasteiger partial charge in [0.15, 0.2) is 0 Å². The van der Waals surface area contributed by atoms with Gasteiger partial charge in [0.05, 0.1) is 12.2 Å². The van der Waals surface area contributed by atoms with Gasteiger partial charge in [-0.25, -0.2) is 0 Å². The summed E-state index contributed by atoms with van der Waals surface area (Å²) in [4.78, 5) is 12.5. The number of nitriles is 1. The van der Waals surface area contributed by atoms with Gasteiger partial charge < -0.3 is 10.0 Å². The first-order valence-corrected chi connectivity index (χ1v) is 3.57. The Hall–Kier alpha value is -1.08. The van der Waals surface area contributed by atoms with Gasteiger partial charge in [0.1, 0.15) is 6.42 Å². The number of carbonyl (C=O) groups is 1. The molecule has 1 heterocycles. The third-order valence-corrected chi connectivity index (χ3v) is 1.75. The van der Waals surface area contributed by atoms with Gasteiger partial charge in [0.25, 0.3) is 0 Å². The van der Waals surface area contributed by atoms with E-state index in [1.807, 2.05) is 0 Å². The van der Waals surface area contributed by atoms with E-state index in [9.17, 15) is 4.79 Å². The molecule has 0 aromatic carbocycles. The minimum Gasteiger partial charge on any atom is -0.391 e. The highest BCUT2D eigenvalue weighted by molar-refractivity contribution is 5.78. The van der Waals surface area contributed by atoms with Crippen molar-refractivity contribution in [3.63, 3.8) is 0 Å². The summed E-state index contributed by atoms with van der Waals surface area (Å²) in [5.41, 5.74) is 0. The van der Waals surface area contributed by atoms with Gasteiger partial charge in [-0.2, -0.15) is 5.26 Å². The minimum absolute atomic E-state index is 0.0767. The smallest absolute Gasteiger partial charge is 0.236 e. The molecule has 1 aliphatic rings. The van der Waals surface area contributed by atoms with Crippen LogP contribution >= 0.6 is 0 Å². The Morgan fingerprint density at radius 3 is 3.00 bits per heavy atom. The molecule has 11 heavy (non-hydrogen) atoms. The lowest BCUT2D eigenvalue weighted by molar-refractivity contribution is -0.129. The van der Waals surface area contributed by atoms with Crippen molar-refractivity contribution < 1.29 is 9.90 Å². The molecule has 0 aromatic heterocycles. The van der Waals surface area contributed by atoms with E-state index in [1.165, 1.54) is 4.90 Å². The van der Waals surface area contributed by atoms with Gasteiger partial charge in [-0.05, 0) is 6.42 Å². The lowest BCUT2D eigenvalue weighted by Gasteiger charge is -2.12. The van der Waals surface area contributed by atoms with Crippen molar-refractivity contribution in [1.82, 2.24) is 4.90 Å². The molecule has 0 saturated carbocycles. The number of amides is 1. The van der Waals surface area contributed by atoms with Gasteiger partial charge in [0.2, 0.25) is 5.91 Å². The number of hydrogen-bond donors (Lipinski definition) is 1. The molecule has 4 heteroatoms. The molecule has 1 atom stereocenters. The van der Waals surface area contributed by atoms with E-state index < -0.39 is 6.10 Å². The van der Waals surface area contributed by atoms with Crippen LogP contribution in [0, 0.1) is 11.3 Å². The van der Waals surface area contributed by atoms with Crippen LogP contribution in [-0.2, 0) is 4.79 Å². The van der Waals surface area contributed by atoms with Gasteiger partial charge in [0, 0.05) is 13.1 Å². The number of rotatable bonds is 1. The largest absolute Gasteiger partial charge is 0.391 e. The topological polar surface area (TPSA) is 64.3 Å². The number of aliphatic hydroxyl groups excluding tert-OH is 1. The molecule has 1 saturated heterocycles. The van der Waals surface area contributed by atoms with Crippen LogP contribution in [0.25, 0.3) is 0 Å². The molecular formula is C7H10N2O2. The van der Waals surface area contributed by atoms with E-state index in [1.54, 1.807) is 6.07 Å². The first-order chi connectivity index (χ1) is 5.24. The summed E-state index contributed by atoms with van der Waals surface area (Å²) in [7, 11) is 0. The van der Waals surface area contributed by atoms with E-state index in [4.69, 9.17) is 10.4 Å².